The Morgan fingerprint density at radius 1 is 1.00 bits per heavy atom. The lowest BCUT2D eigenvalue weighted by Gasteiger charge is -2.10. The smallest absolute Gasteiger partial charge is 0.262 e. The summed E-state index contributed by atoms with van der Waals surface area (Å²) in [5.41, 5.74) is 1.50. The molecule has 1 amide bonds. The highest BCUT2D eigenvalue weighted by molar-refractivity contribution is 7.92. The number of carbonyl (C=O) groups is 1. The van der Waals surface area contributed by atoms with Crippen LogP contribution in [0, 0.1) is 0 Å². The van der Waals surface area contributed by atoms with E-state index in [4.69, 9.17) is 11.6 Å². The number of thiazole rings is 1. The fraction of sp³-hybridized carbons (Fsp3) is 0. The van der Waals surface area contributed by atoms with Crippen molar-refractivity contribution < 1.29 is 13.2 Å². The van der Waals surface area contributed by atoms with Crippen LogP contribution in [0.2, 0.25) is 5.02 Å². The highest BCUT2D eigenvalue weighted by Crippen LogP contribution is 2.25. The minimum absolute atomic E-state index is 0.000345. The molecule has 0 fully saturated rings. The SMILES string of the molecule is O=C(/C=C/c1nc2ccccc2s1)Nc1cccc(S(=O)(=O)Nc2ccccc2Cl)c1. The van der Waals surface area contributed by atoms with Crippen LogP contribution >= 0.6 is 22.9 Å². The monoisotopic (exact) mass is 469 g/mol. The van der Waals surface area contributed by atoms with Crippen LogP contribution in [-0.4, -0.2) is 19.3 Å². The van der Waals surface area contributed by atoms with Crippen LogP contribution in [0.25, 0.3) is 16.3 Å². The third-order valence-corrected chi connectivity index (χ3v) is 6.91. The van der Waals surface area contributed by atoms with E-state index in [-0.39, 0.29) is 15.6 Å². The molecule has 0 radical (unpaired) electrons. The molecule has 4 aromatic rings. The van der Waals surface area contributed by atoms with Crippen molar-refractivity contribution in [3.8, 4) is 0 Å². The number of halogens is 1. The van der Waals surface area contributed by atoms with Crippen molar-refractivity contribution in [1.82, 2.24) is 4.98 Å². The number of anilines is 2. The van der Waals surface area contributed by atoms with Crippen molar-refractivity contribution in [3.05, 3.63) is 88.9 Å². The van der Waals surface area contributed by atoms with E-state index in [1.165, 1.54) is 29.5 Å². The van der Waals surface area contributed by atoms with Crippen molar-refractivity contribution in [2.45, 2.75) is 4.90 Å². The zero-order valence-corrected chi connectivity index (χ0v) is 18.3. The molecule has 1 heterocycles. The number of hydrogen-bond acceptors (Lipinski definition) is 5. The van der Waals surface area contributed by atoms with Crippen LogP contribution in [0.1, 0.15) is 5.01 Å². The first-order chi connectivity index (χ1) is 14.9. The number of nitrogens with one attached hydrogen (secondary N) is 2. The summed E-state index contributed by atoms with van der Waals surface area (Å²) in [6.45, 7) is 0. The first-order valence-electron chi connectivity index (χ1n) is 9.13. The zero-order chi connectivity index (χ0) is 21.8. The molecule has 3 aromatic carbocycles. The van der Waals surface area contributed by atoms with Crippen molar-refractivity contribution >= 4 is 66.5 Å². The van der Waals surface area contributed by atoms with Gasteiger partial charge in [0.1, 0.15) is 5.01 Å². The van der Waals surface area contributed by atoms with Gasteiger partial charge in [-0.15, -0.1) is 11.3 Å². The average Bonchev–Trinajstić information content (AvgIpc) is 3.17. The Bertz CT molecular complexity index is 1360. The number of hydrogen-bond donors (Lipinski definition) is 2. The van der Waals surface area contributed by atoms with Gasteiger partial charge in [-0.05, 0) is 48.5 Å². The Morgan fingerprint density at radius 3 is 2.58 bits per heavy atom. The molecule has 0 unspecified atom stereocenters. The largest absolute Gasteiger partial charge is 0.322 e. The van der Waals surface area contributed by atoms with Crippen LogP contribution in [0.3, 0.4) is 0 Å². The molecule has 0 spiro atoms. The standard InChI is InChI=1S/C22H16ClN3O3S2/c23-17-8-1-2-9-18(17)26-31(28,29)16-7-5-6-15(14-16)24-21(27)12-13-22-25-19-10-3-4-11-20(19)30-22/h1-14,26H,(H,24,27)/b13-12+. The summed E-state index contributed by atoms with van der Waals surface area (Å²) in [5.74, 6) is -0.395. The summed E-state index contributed by atoms with van der Waals surface area (Å²) in [7, 11) is -3.88. The Morgan fingerprint density at radius 2 is 1.77 bits per heavy atom. The molecule has 0 saturated carbocycles. The molecule has 0 bridgehead atoms. The number of para-hydroxylation sites is 2. The van der Waals surface area contributed by atoms with Crippen molar-refractivity contribution in [2.24, 2.45) is 0 Å². The van der Waals surface area contributed by atoms with Crippen LogP contribution in [0.4, 0.5) is 11.4 Å². The Kier molecular flexibility index (Phi) is 6.03. The minimum Gasteiger partial charge on any atom is -0.322 e. The maximum absolute atomic E-state index is 12.7. The summed E-state index contributed by atoms with van der Waals surface area (Å²) in [6.07, 6.45) is 2.99. The first-order valence-corrected chi connectivity index (χ1v) is 11.8. The van der Waals surface area contributed by atoms with Gasteiger partial charge in [0.05, 0.1) is 25.8 Å². The predicted octanol–water partition coefficient (Wildman–Crippen LogP) is 5.40. The lowest BCUT2D eigenvalue weighted by Crippen LogP contribution is -2.14. The number of aromatic nitrogens is 1. The Hall–Kier alpha value is -3.20. The highest BCUT2D eigenvalue weighted by atomic mass is 35.5. The maximum Gasteiger partial charge on any atom is 0.262 e. The molecular formula is C22H16ClN3O3S2. The molecule has 2 N–H and O–H groups in total. The van der Waals surface area contributed by atoms with E-state index in [1.54, 1.807) is 42.5 Å². The molecule has 4 rings (SSSR count). The number of carbonyl (C=O) groups excluding carboxylic acids is 1. The zero-order valence-electron chi connectivity index (χ0n) is 15.9. The van der Waals surface area contributed by atoms with Crippen molar-refractivity contribution in [3.63, 3.8) is 0 Å². The van der Waals surface area contributed by atoms with E-state index >= 15 is 0 Å². The highest BCUT2D eigenvalue weighted by Gasteiger charge is 2.16. The van der Waals surface area contributed by atoms with Crippen molar-refractivity contribution in [1.29, 1.82) is 0 Å². The van der Waals surface area contributed by atoms with Crippen LogP contribution in [0.5, 0.6) is 0 Å². The fourth-order valence-corrected chi connectivity index (χ4v) is 5.02. The molecule has 0 aliphatic rings. The lowest BCUT2D eigenvalue weighted by atomic mass is 10.3. The molecule has 0 aliphatic carbocycles. The van der Waals surface area contributed by atoms with Crippen LogP contribution in [-0.2, 0) is 14.8 Å². The first kappa shape index (κ1) is 21.0. The molecule has 0 aliphatic heterocycles. The van der Waals surface area contributed by atoms with E-state index in [9.17, 15) is 13.2 Å². The van der Waals surface area contributed by atoms with Crippen LogP contribution < -0.4 is 10.0 Å². The second-order valence-electron chi connectivity index (χ2n) is 6.46. The Balaban J connectivity index is 1.47. The van der Waals surface area contributed by atoms with Crippen LogP contribution in [0.15, 0.2) is 83.8 Å². The topological polar surface area (TPSA) is 88.2 Å². The summed E-state index contributed by atoms with van der Waals surface area (Å²) in [6, 6.07) is 20.2. The van der Waals surface area contributed by atoms with Gasteiger partial charge >= 0.3 is 0 Å². The minimum atomic E-state index is -3.88. The second-order valence-corrected chi connectivity index (χ2v) is 9.61. The molecule has 6 nitrogen and oxygen atoms in total. The van der Waals surface area contributed by atoms with Crippen molar-refractivity contribution in [2.75, 3.05) is 10.0 Å². The molecule has 9 heteroatoms. The number of amides is 1. The molecule has 156 valence electrons. The molecular weight excluding hydrogens is 454 g/mol. The van der Waals surface area contributed by atoms with Gasteiger partial charge in [0.25, 0.3) is 10.0 Å². The van der Waals surface area contributed by atoms with E-state index < -0.39 is 15.9 Å². The number of fused-ring (bicyclic) bond motifs is 1. The van der Waals surface area contributed by atoms with Gasteiger partial charge in [0.2, 0.25) is 5.91 Å². The number of nitrogens with zero attached hydrogens (tertiary/aromatic N) is 1. The maximum atomic E-state index is 12.7. The van der Waals surface area contributed by atoms with E-state index in [0.29, 0.717) is 10.7 Å². The van der Waals surface area contributed by atoms with Gasteiger partial charge in [0.15, 0.2) is 0 Å². The third kappa shape index (κ3) is 5.11. The van der Waals surface area contributed by atoms with Gasteiger partial charge in [-0.3, -0.25) is 9.52 Å². The molecule has 0 atom stereocenters. The molecule has 31 heavy (non-hydrogen) atoms. The van der Waals surface area contributed by atoms with Gasteiger partial charge in [-0.1, -0.05) is 41.9 Å². The summed E-state index contributed by atoms with van der Waals surface area (Å²) < 4.78 is 28.9. The number of benzene rings is 3. The fourth-order valence-electron chi connectivity index (χ4n) is 2.78. The number of sulfonamides is 1. The summed E-state index contributed by atoms with van der Waals surface area (Å²) in [5, 5.41) is 3.66. The molecule has 0 saturated heterocycles. The number of rotatable bonds is 6. The van der Waals surface area contributed by atoms with Gasteiger partial charge < -0.3 is 5.32 Å². The lowest BCUT2D eigenvalue weighted by molar-refractivity contribution is -0.111. The van der Waals surface area contributed by atoms with Gasteiger partial charge in [-0.25, -0.2) is 13.4 Å². The Labute approximate surface area is 188 Å². The summed E-state index contributed by atoms with van der Waals surface area (Å²) >= 11 is 7.51. The quantitative estimate of drug-likeness (QED) is 0.370. The van der Waals surface area contributed by atoms with E-state index in [2.05, 4.69) is 15.0 Å². The normalized spacial score (nSPS) is 11.6. The van der Waals surface area contributed by atoms with Gasteiger partial charge in [-0.2, -0.15) is 0 Å². The predicted molar refractivity (Wildman–Crippen MR) is 126 cm³/mol. The van der Waals surface area contributed by atoms with Gasteiger partial charge in [0, 0.05) is 11.8 Å². The average molecular weight is 470 g/mol. The van der Waals surface area contributed by atoms with E-state index in [0.717, 1.165) is 10.2 Å². The van der Waals surface area contributed by atoms with E-state index in [1.807, 2.05) is 24.3 Å². The molecule has 1 aromatic heterocycles. The second kappa shape index (κ2) is 8.89. The third-order valence-electron chi connectivity index (χ3n) is 4.22. The summed E-state index contributed by atoms with van der Waals surface area (Å²) in [4.78, 5) is 16.7.